The Labute approximate surface area is 106 Å². The van der Waals surface area contributed by atoms with Crippen molar-refractivity contribution >= 4 is 5.97 Å². The zero-order valence-corrected chi connectivity index (χ0v) is 11.0. The fourth-order valence-corrected chi connectivity index (χ4v) is 1.98. The lowest BCUT2D eigenvalue weighted by atomic mass is 9.94. The SMILES string of the molecule is COC(=O)C(C)(CC(C)OCC(F)F)NC1CC1. The van der Waals surface area contributed by atoms with Gasteiger partial charge in [0.05, 0.1) is 13.2 Å². The van der Waals surface area contributed by atoms with E-state index in [0.717, 1.165) is 12.8 Å². The van der Waals surface area contributed by atoms with E-state index in [2.05, 4.69) is 5.32 Å². The number of hydrogen-bond donors (Lipinski definition) is 1. The molecule has 0 aliphatic heterocycles. The maximum absolute atomic E-state index is 12.0. The molecule has 0 aromatic carbocycles. The highest BCUT2D eigenvalue weighted by Crippen LogP contribution is 2.26. The van der Waals surface area contributed by atoms with Gasteiger partial charge in [-0.2, -0.15) is 0 Å². The second-order valence-electron chi connectivity index (χ2n) is 4.98. The molecule has 0 saturated heterocycles. The van der Waals surface area contributed by atoms with Crippen LogP contribution in [0.3, 0.4) is 0 Å². The van der Waals surface area contributed by atoms with Crippen LogP contribution in [-0.2, 0) is 14.3 Å². The molecule has 0 amide bonds. The molecule has 1 aliphatic carbocycles. The molecule has 0 heterocycles. The highest BCUT2D eigenvalue weighted by atomic mass is 19.3. The molecule has 6 heteroatoms. The van der Waals surface area contributed by atoms with Crippen molar-refractivity contribution in [2.24, 2.45) is 0 Å². The number of carbonyl (C=O) groups is 1. The van der Waals surface area contributed by atoms with Crippen LogP contribution < -0.4 is 5.32 Å². The lowest BCUT2D eigenvalue weighted by Gasteiger charge is -2.30. The molecule has 1 fully saturated rings. The number of carbonyl (C=O) groups excluding carboxylic acids is 1. The molecule has 2 unspecified atom stereocenters. The van der Waals surface area contributed by atoms with Crippen LogP contribution in [0.15, 0.2) is 0 Å². The zero-order chi connectivity index (χ0) is 13.8. The predicted octanol–water partition coefficient (Wildman–Crippen LogP) is 1.73. The van der Waals surface area contributed by atoms with Gasteiger partial charge in [-0.15, -0.1) is 0 Å². The fourth-order valence-electron chi connectivity index (χ4n) is 1.98. The van der Waals surface area contributed by atoms with Crippen LogP contribution in [0.25, 0.3) is 0 Å². The van der Waals surface area contributed by atoms with Crippen LogP contribution in [0, 0.1) is 0 Å². The van der Waals surface area contributed by atoms with Gasteiger partial charge in [-0.3, -0.25) is 10.1 Å². The summed E-state index contributed by atoms with van der Waals surface area (Å²) in [6, 6.07) is 0.316. The van der Waals surface area contributed by atoms with Crippen molar-refractivity contribution in [2.75, 3.05) is 13.7 Å². The van der Waals surface area contributed by atoms with Crippen LogP contribution in [0.2, 0.25) is 0 Å². The summed E-state index contributed by atoms with van der Waals surface area (Å²) in [7, 11) is 1.32. The number of nitrogens with one attached hydrogen (secondary N) is 1. The van der Waals surface area contributed by atoms with E-state index < -0.39 is 24.7 Å². The Hall–Kier alpha value is -0.750. The van der Waals surface area contributed by atoms with E-state index in [1.54, 1.807) is 13.8 Å². The summed E-state index contributed by atoms with van der Waals surface area (Å²) >= 11 is 0. The van der Waals surface area contributed by atoms with Crippen molar-refractivity contribution in [2.45, 2.75) is 57.2 Å². The summed E-state index contributed by atoms with van der Waals surface area (Å²) < 4.78 is 33.8. The van der Waals surface area contributed by atoms with Gasteiger partial charge in [-0.25, -0.2) is 8.78 Å². The summed E-state index contributed by atoms with van der Waals surface area (Å²) in [6.07, 6.45) is -0.566. The normalized spacial score (nSPS) is 20.6. The van der Waals surface area contributed by atoms with Crippen molar-refractivity contribution in [1.82, 2.24) is 5.32 Å². The van der Waals surface area contributed by atoms with E-state index in [0.29, 0.717) is 12.5 Å². The van der Waals surface area contributed by atoms with Crippen molar-refractivity contribution in [3.05, 3.63) is 0 Å². The molecule has 18 heavy (non-hydrogen) atoms. The first-order valence-corrected chi connectivity index (χ1v) is 6.13. The van der Waals surface area contributed by atoms with Crippen LogP contribution in [0.5, 0.6) is 0 Å². The minimum Gasteiger partial charge on any atom is -0.468 e. The smallest absolute Gasteiger partial charge is 0.325 e. The third-order valence-corrected chi connectivity index (χ3v) is 2.94. The Morgan fingerprint density at radius 3 is 2.56 bits per heavy atom. The monoisotopic (exact) mass is 265 g/mol. The molecule has 0 aromatic rings. The highest BCUT2D eigenvalue weighted by molar-refractivity contribution is 5.80. The largest absolute Gasteiger partial charge is 0.468 e. The summed E-state index contributed by atoms with van der Waals surface area (Å²) in [5.74, 6) is -0.387. The molecule has 1 saturated carbocycles. The Morgan fingerprint density at radius 1 is 1.50 bits per heavy atom. The molecular weight excluding hydrogens is 244 g/mol. The second kappa shape index (κ2) is 6.43. The van der Waals surface area contributed by atoms with Gasteiger partial charge in [0, 0.05) is 12.5 Å². The predicted molar refractivity (Wildman–Crippen MR) is 62.6 cm³/mol. The number of hydrogen-bond acceptors (Lipinski definition) is 4. The average Bonchev–Trinajstić information content (AvgIpc) is 3.08. The van der Waals surface area contributed by atoms with E-state index in [1.165, 1.54) is 7.11 Å². The van der Waals surface area contributed by atoms with Crippen LogP contribution in [-0.4, -0.2) is 43.8 Å². The van der Waals surface area contributed by atoms with Gasteiger partial charge >= 0.3 is 5.97 Å². The second-order valence-corrected chi connectivity index (χ2v) is 4.98. The van der Waals surface area contributed by atoms with Gasteiger partial charge in [0.25, 0.3) is 6.43 Å². The summed E-state index contributed by atoms with van der Waals surface area (Å²) in [5, 5.41) is 3.19. The van der Waals surface area contributed by atoms with E-state index in [1.807, 2.05) is 0 Å². The van der Waals surface area contributed by atoms with E-state index in [4.69, 9.17) is 9.47 Å². The number of halogens is 2. The topological polar surface area (TPSA) is 47.6 Å². The van der Waals surface area contributed by atoms with Gasteiger partial charge < -0.3 is 9.47 Å². The number of alkyl halides is 2. The Bertz CT molecular complexity index is 284. The van der Waals surface area contributed by atoms with Crippen LogP contribution in [0.1, 0.15) is 33.1 Å². The zero-order valence-electron chi connectivity index (χ0n) is 11.0. The molecule has 1 N–H and O–H groups in total. The first-order valence-electron chi connectivity index (χ1n) is 6.13. The van der Waals surface area contributed by atoms with Gasteiger partial charge in [-0.1, -0.05) is 0 Å². The van der Waals surface area contributed by atoms with Crippen molar-refractivity contribution in [3.8, 4) is 0 Å². The Balaban J connectivity index is 2.51. The summed E-state index contributed by atoms with van der Waals surface area (Å²) in [4.78, 5) is 11.8. The van der Waals surface area contributed by atoms with Gasteiger partial charge in [0.1, 0.15) is 12.1 Å². The van der Waals surface area contributed by atoms with Gasteiger partial charge in [-0.05, 0) is 26.7 Å². The molecule has 0 spiro atoms. The van der Waals surface area contributed by atoms with Gasteiger partial charge in [0.15, 0.2) is 0 Å². The first-order chi connectivity index (χ1) is 8.37. The van der Waals surface area contributed by atoms with Crippen LogP contribution >= 0.6 is 0 Å². The minimum atomic E-state index is -2.49. The Kier molecular flexibility index (Phi) is 5.47. The molecule has 1 aliphatic rings. The molecule has 106 valence electrons. The van der Waals surface area contributed by atoms with Crippen molar-refractivity contribution in [3.63, 3.8) is 0 Å². The van der Waals surface area contributed by atoms with E-state index >= 15 is 0 Å². The molecule has 0 aromatic heterocycles. The lowest BCUT2D eigenvalue weighted by Crippen LogP contribution is -2.53. The molecule has 4 nitrogen and oxygen atoms in total. The van der Waals surface area contributed by atoms with Crippen LogP contribution in [0.4, 0.5) is 8.78 Å². The van der Waals surface area contributed by atoms with Gasteiger partial charge in [0.2, 0.25) is 0 Å². The third kappa shape index (κ3) is 4.86. The first kappa shape index (κ1) is 15.3. The minimum absolute atomic E-state index is 0.308. The van der Waals surface area contributed by atoms with E-state index in [9.17, 15) is 13.6 Å². The number of esters is 1. The molecule has 2 atom stereocenters. The molecular formula is C12H21F2NO3. The number of ether oxygens (including phenoxy) is 2. The number of rotatable bonds is 8. The third-order valence-electron chi connectivity index (χ3n) is 2.94. The van der Waals surface area contributed by atoms with Crippen molar-refractivity contribution in [1.29, 1.82) is 0 Å². The Morgan fingerprint density at radius 2 is 2.11 bits per heavy atom. The molecule has 0 bridgehead atoms. The lowest BCUT2D eigenvalue weighted by molar-refractivity contribution is -0.150. The number of methoxy groups -OCH3 is 1. The standard InChI is InChI=1S/C12H21F2NO3/c1-8(18-7-10(13)14)6-12(2,11(16)17-3)15-9-4-5-9/h8-10,15H,4-7H2,1-3H3. The maximum atomic E-state index is 12.0. The summed E-state index contributed by atoms with van der Waals surface area (Å²) in [6.45, 7) is 2.79. The van der Waals surface area contributed by atoms with E-state index in [-0.39, 0.29) is 5.97 Å². The maximum Gasteiger partial charge on any atom is 0.325 e. The quantitative estimate of drug-likeness (QED) is 0.679. The fraction of sp³-hybridized carbons (Fsp3) is 0.917. The average molecular weight is 265 g/mol. The molecule has 0 radical (unpaired) electrons. The molecule has 1 rings (SSSR count). The van der Waals surface area contributed by atoms with Crippen molar-refractivity contribution < 1.29 is 23.0 Å². The highest BCUT2D eigenvalue weighted by Gasteiger charge is 2.40. The summed E-state index contributed by atoms with van der Waals surface area (Å²) in [5.41, 5.74) is -0.878.